The molecule has 33 heavy (non-hydrogen) atoms. The summed E-state index contributed by atoms with van der Waals surface area (Å²) in [6, 6.07) is 9.67. The molecule has 2 bridgehead atoms. The molecule has 0 saturated heterocycles. The molecule has 6 rings (SSSR count). The lowest BCUT2D eigenvalue weighted by Gasteiger charge is -2.68. The van der Waals surface area contributed by atoms with Gasteiger partial charge in [-0.1, -0.05) is 6.07 Å². The zero-order valence-electron chi connectivity index (χ0n) is 17.8. The molecular weight excluding hydrogens is 429 g/mol. The van der Waals surface area contributed by atoms with Crippen molar-refractivity contribution in [2.45, 2.75) is 43.7 Å². The zero-order valence-corrected chi connectivity index (χ0v) is 17.8. The van der Waals surface area contributed by atoms with Crippen LogP contribution in [0.1, 0.15) is 42.3 Å². The Kier molecular flexibility index (Phi) is 4.96. The van der Waals surface area contributed by atoms with E-state index in [1.54, 1.807) is 31.2 Å². The first-order valence-electron chi connectivity index (χ1n) is 10.4. The highest BCUT2D eigenvalue weighted by Crippen LogP contribution is 2.67. The number of carbonyl (C=O) groups excluding carboxylic acids is 1. The predicted octanol–water partition coefficient (Wildman–Crippen LogP) is 2.73. The standard InChI is InChI=1S/C23H20FN5O4/c1-14-2-4-16(6-18(14)24)31-9-19(30)27-23-11-22(12-23,13-23)21-29-28-20(33-21)10-32-17-5-3-15(7-25)26-8-17/h2-6,8H,9-13H2,1H3,(H,27,30). The quantitative estimate of drug-likeness (QED) is 0.557. The number of nitrogens with one attached hydrogen (secondary N) is 1. The Morgan fingerprint density at radius 1 is 1.21 bits per heavy atom. The van der Waals surface area contributed by atoms with Crippen molar-refractivity contribution in [1.82, 2.24) is 20.5 Å². The van der Waals surface area contributed by atoms with Gasteiger partial charge in [-0.05, 0) is 49.9 Å². The topological polar surface area (TPSA) is 123 Å². The molecule has 3 aromatic rings. The summed E-state index contributed by atoms with van der Waals surface area (Å²) in [4.78, 5) is 16.2. The van der Waals surface area contributed by atoms with Crippen molar-refractivity contribution < 1.29 is 23.1 Å². The van der Waals surface area contributed by atoms with Gasteiger partial charge in [0.1, 0.15) is 29.1 Å². The molecule has 0 spiro atoms. The lowest BCUT2D eigenvalue weighted by atomic mass is 9.39. The van der Waals surface area contributed by atoms with Gasteiger partial charge in [-0.25, -0.2) is 9.37 Å². The molecule has 3 saturated carbocycles. The van der Waals surface area contributed by atoms with E-state index in [0.717, 1.165) is 0 Å². The van der Waals surface area contributed by atoms with Gasteiger partial charge in [-0.3, -0.25) is 4.79 Å². The van der Waals surface area contributed by atoms with Crippen molar-refractivity contribution in [3.8, 4) is 17.6 Å². The van der Waals surface area contributed by atoms with Crippen LogP contribution in [0.25, 0.3) is 0 Å². The molecule has 0 aliphatic heterocycles. The maximum Gasteiger partial charge on any atom is 0.258 e. The SMILES string of the molecule is Cc1ccc(OCC(=O)NC23CC(c4nnc(COc5ccc(C#N)nc5)o4)(C2)C3)cc1F. The first-order chi connectivity index (χ1) is 15.9. The van der Waals surface area contributed by atoms with Crippen LogP contribution in [0.15, 0.2) is 40.9 Å². The average Bonchev–Trinajstić information content (AvgIpc) is 3.23. The molecule has 9 nitrogen and oxygen atoms in total. The Balaban J connectivity index is 1.09. The number of amides is 1. The van der Waals surface area contributed by atoms with E-state index in [1.807, 2.05) is 6.07 Å². The first-order valence-corrected chi connectivity index (χ1v) is 10.4. The number of pyridine rings is 1. The Hall–Kier alpha value is -4.00. The third-order valence-electron chi connectivity index (χ3n) is 6.08. The highest BCUT2D eigenvalue weighted by atomic mass is 19.1. The van der Waals surface area contributed by atoms with Crippen LogP contribution in [0.4, 0.5) is 4.39 Å². The van der Waals surface area contributed by atoms with Crippen molar-refractivity contribution in [3.63, 3.8) is 0 Å². The number of rotatable bonds is 8. The van der Waals surface area contributed by atoms with Crippen LogP contribution < -0.4 is 14.8 Å². The van der Waals surface area contributed by atoms with Crippen molar-refractivity contribution in [2.24, 2.45) is 0 Å². The number of hydrogen-bond donors (Lipinski definition) is 1. The van der Waals surface area contributed by atoms with E-state index >= 15 is 0 Å². The minimum absolute atomic E-state index is 0.0927. The highest BCUT2D eigenvalue weighted by molar-refractivity contribution is 5.79. The second-order valence-corrected chi connectivity index (χ2v) is 8.62. The minimum atomic E-state index is -0.368. The molecule has 0 radical (unpaired) electrons. The molecule has 2 heterocycles. The van der Waals surface area contributed by atoms with Gasteiger partial charge in [0, 0.05) is 11.6 Å². The van der Waals surface area contributed by atoms with Gasteiger partial charge >= 0.3 is 0 Å². The number of aryl methyl sites for hydroxylation is 1. The van der Waals surface area contributed by atoms with Crippen LogP contribution in [-0.2, 0) is 16.8 Å². The molecule has 0 atom stereocenters. The molecular formula is C23H20FN5O4. The number of carbonyl (C=O) groups is 1. The van der Waals surface area contributed by atoms with Crippen LogP contribution in [-0.4, -0.2) is 33.2 Å². The van der Waals surface area contributed by atoms with E-state index in [2.05, 4.69) is 20.5 Å². The summed E-state index contributed by atoms with van der Waals surface area (Å²) < 4.78 is 30.3. The smallest absolute Gasteiger partial charge is 0.258 e. The van der Waals surface area contributed by atoms with E-state index in [-0.39, 0.29) is 35.9 Å². The number of benzene rings is 1. The maximum absolute atomic E-state index is 13.6. The fraction of sp³-hybridized carbons (Fsp3) is 0.348. The second kappa shape index (κ2) is 7.85. The number of ether oxygens (including phenoxy) is 2. The van der Waals surface area contributed by atoms with Gasteiger partial charge < -0.3 is 19.2 Å². The third-order valence-corrected chi connectivity index (χ3v) is 6.08. The van der Waals surface area contributed by atoms with E-state index in [4.69, 9.17) is 19.2 Å². The summed E-state index contributed by atoms with van der Waals surface area (Å²) in [5, 5.41) is 20.0. The normalized spacial score (nSPS) is 22.5. The maximum atomic E-state index is 13.6. The van der Waals surface area contributed by atoms with Crippen LogP contribution in [0.2, 0.25) is 0 Å². The average molecular weight is 449 g/mol. The minimum Gasteiger partial charge on any atom is -0.484 e. The van der Waals surface area contributed by atoms with Gasteiger partial charge in [-0.2, -0.15) is 5.26 Å². The summed E-state index contributed by atoms with van der Waals surface area (Å²) >= 11 is 0. The Morgan fingerprint density at radius 3 is 2.70 bits per heavy atom. The molecule has 1 N–H and O–H groups in total. The summed E-state index contributed by atoms with van der Waals surface area (Å²) in [6.07, 6.45) is 3.61. The van der Waals surface area contributed by atoms with Gasteiger partial charge in [0.05, 0.1) is 11.6 Å². The predicted molar refractivity (Wildman–Crippen MR) is 111 cm³/mol. The summed E-state index contributed by atoms with van der Waals surface area (Å²) in [5.74, 6) is 1.08. The number of nitrogens with zero attached hydrogens (tertiary/aromatic N) is 4. The molecule has 0 unspecified atom stereocenters. The van der Waals surface area contributed by atoms with Gasteiger partial charge in [0.25, 0.3) is 11.8 Å². The van der Waals surface area contributed by atoms with Crippen LogP contribution in [0.5, 0.6) is 11.5 Å². The fourth-order valence-corrected chi connectivity index (χ4v) is 4.49. The molecule has 10 heteroatoms. The first kappa shape index (κ1) is 20.9. The molecule has 1 amide bonds. The number of hydrogen-bond acceptors (Lipinski definition) is 8. The van der Waals surface area contributed by atoms with Crippen molar-refractivity contribution in [2.75, 3.05) is 6.61 Å². The second-order valence-electron chi connectivity index (χ2n) is 8.62. The lowest BCUT2D eigenvalue weighted by Crippen LogP contribution is -2.77. The van der Waals surface area contributed by atoms with Gasteiger partial charge in [-0.15, -0.1) is 10.2 Å². The van der Waals surface area contributed by atoms with E-state index in [1.165, 1.54) is 12.3 Å². The molecule has 3 aliphatic carbocycles. The highest BCUT2D eigenvalue weighted by Gasteiger charge is 2.71. The largest absolute Gasteiger partial charge is 0.484 e. The molecule has 3 fully saturated rings. The van der Waals surface area contributed by atoms with Crippen molar-refractivity contribution >= 4 is 5.91 Å². The van der Waals surface area contributed by atoms with Gasteiger partial charge in [0.2, 0.25) is 5.89 Å². The Morgan fingerprint density at radius 2 is 2.00 bits per heavy atom. The molecule has 168 valence electrons. The van der Waals surface area contributed by atoms with E-state index in [0.29, 0.717) is 53.8 Å². The third kappa shape index (κ3) is 3.98. The van der Waals surface area contributed by atoms with Crippen molar-refractivity contribution in [3.05, 3.63) is 65.4 Å². The Bertz CT molecular complexity index is 1230. The fourth-order valence-electron chi connectivity index (χ4n) is 4.49. The zero-order chi connectivity index (χ0) is 23.1. The monoisotopic (exact) mass is 449 g/mol. The van der Waals surface area contributed by atoms with Crippen LogP contribution >= 0.6 is 0 Å². The molecule has 2 aromatic heterocycles. The number of nitriles is 1. The van der Waals surface area contributed by atoms with Crippen LogP contribution in [0.3, 0.4) is 0 Å². The van der Waals surface area contributed by atoms with Crippen molar-refractivity contribution in [1.29, 1.82) is 5.26 Å². The number of aromatic nitrogens is 3. The van der Waals surface area contributed by atoms with E-state index < -0.39 is 0 Å². The summed E-state index contributed by atoms with van der Waals surface area (Å²) in [7, 11) is 0. The van der Waals surface area contributed by atoms with Crippen LogP contribution in [0, 0.1) is 24.1 Å². The summed E-state index contributed by atoms with van der Waals surface area (Å²) in [5.41, 5.74) is 0.337. The Labute approximate surface area is 188 Å². The number of halogens is 1. The summed E-state index contributed by atoms with van der Waals surface area (Å²) in [6.45, 7) is 1.58. The molecule has 1 aromatic carbocycles. The van der Waals surface area contributed by atoms with Gasteiger partial charge in [0.15, 0.2) is 13.2 Å². The molecule has 3 aliphatic rings. The van der Waals surface area contributed by atoms with E-state index in [9.17, 15) is 9.18 Å². The lowest BCUT2D eigenvalue weighted by molar-refractivity contribution is -0.143.